The van der Waals surface area contributed by atoms with E-state index in [1.807, 2.05) is 0 Å². The molecule has 1 N–H and O–H groups in total. The van der Waals surface area contributed by atoms with Crippen LogP contribution in [0.5, 0.6) is 0 Å². The van der Waals surface area contributed by atoms with Crippen LogP contribution in [-0.4, -0.2) is 29.3 Å². The van der Waals surface area contributed by atoms with Gasteiger partial charge in [-0.2, -0.15) is 0 Å². The van der Waals surface area contributed by atoms with E-state index in [-0.39, 0.29) is 23.4 Å². The Morgan fingerprint density at radius 3 is 2.95 bits per heavy atom. The molecule has 6 heteroatoms. The summed E-state index contributed by atoms with van der Waals surface area (Å²) in [6, 6.07) is 4.20. The van der Waals surface area contributed by atoms with Crippen LogP contribution in [-0.2, 0) is 16.1 Å². The summed E-state index contributed by atoms with van der Waals surface area (Å²) in [5.41, 5.74) is 0.332. The molecule has 108 valence electrons. The van der Waals surface area contributed by atoms with Gasteiger partial charge in [0.05, 0.1) is 5.02 Å². The maximum absolute atomic E-state index is 13.7. The van der Waals surface area contributed by atoms with Crippen LogP contribution in [0.4, 0.5) is 4.39 Å². The van der Waals surface area contributed by atoms with Gasteiger partial charge in [-0.3, -0.25) is 9.59 Å². The zero-order chi connectivity index (χ0) is 14.7. The SMILES string of the molecule is CC(=O)N1CCC[C@H]1C(=O)NCc1cccc(Cl)c1F. The Labute approximate surface area is 121 Å². The molecule has 0 spiro atoms. The average molecular weight is 299 g/mol. The zero-order valence-corrected chi connectivity index (χ0v) is 11.9. The second kappa shape index (κ2) is 6.22. The smallest absolute Gasteiger partial charge is 0.243 e. The van der Waals surface area contributed by atoms with Crippen LogP contribution in [0, 0.1) is 5.82 Å². The number of carbonyl (C=O) groups is 2. The van der Waals surface area contributed by atoms with Gasteiger partial charge in [-0.25, -0.2) is 4.39 Å². The third kappa shape index (κ3) is 3.10. The number of likely N-dealkylation sites (tertiary alicyclic amines) is 1. The predicted octanol–water partition coefficient (Wildman–Crippen LogP) is 2.11. The van der Waals surface area contributed by atoms with Gasteiger partial charge in [-0.1, -0.05) is 23.7 Å². The van der Waals surface area contributed by atoms with E-state index in [1.165, 1.54) is 13.0 Å². The van der Waals surface area contributed by atoms with E-state index >= 15 is 0 Å². The molecule has 4 nitrogen and oxygen atoms in total. The van der Waals surface area contributed by atoms with Gasteiger partial charge in [0.1, 0.15) is 11.9 Å². The molecule has 1 fully saturated rings. The number of nitrogens with zero attached hydrogens (tertiary/aromatic N) is 1. The molecule has 0 radical (unpaired) electrons. The molecule has 2 rings (SSSR count). The Hall–Kier alpha value is -1.62. The van der Waals surface area contributed by atoms with Crippen molar-refractivity contribution in [3.05, 3.63) is 34.6 Å². The van der Waals surface area contributed by atoms with E-state index in [0.717, 1.165) is 6.42 Å². The van der Waals surface area contributed by atoms with E-state index in [2.05, 4.69) is 5.32 Å². The van der Waals surface area contributed by atoms with Gasteiger partial charge >= 0.3 is 0 Å². The van der Waals surface area contributed by atoms with E-state index in [0.29, 0.717) is 18.5 Å². The minimum absolute atomic E-state index is 0.0305. The molecular weight excluding hydrogens is 283 g/mol. The Kier molecular flexibility index (Phi) is 4.60. The minimum Gasteiger partial charge on any atom is -0.350 e. The topological polar surface area (TPSA) is 49.4 Å². The number of amides is 2. The zero-order valence-electron chi connectivity index (χ0n) is 11.2. The number of benzene rings is 1. The summed E-state index contributed by atoms with van der Waals surface area (Å²) in [6.07, 6.45) is 1.45. The van der Waals surface area contributed by atoms with Gasteiger partial charge in [0, 0.05) is 25.6 Å². The monoisotopic (exact) mass is 298 g/mol. The first kappa shape index (κ1) is 14.8. The summed E-state index contributed by atoms with van der Waals surface area (Å²) in [6.45, 7) is 2.11. The lowest BCUT2D eigenvalue weighted by Crippen LogP contribution is -2.45. The van der Waals surface area contributed by atoms with Crippen molar-refractivity contribution in [1.82, 2.24) is 10.2 Å². The van der Waals surface area contributed by atoms with Gasteiger partial charge in [0.2, 0.25) is 11.8 Å². The number of hydrogen-bond acceptors (Lipinski definition) is 2. The van der Waals surface area contributed by atoms with Crippen LogP contribution in [0.25, 0.3) is 0 Å². The highest BCUT2D eigenvalue weighted by molar-refractivity contribution is 6.30. The maximum Gasteiger partial charge on any atom is 0.243 e. The summed E-state index contributed by atoms with van der Waals surface area (Å²) >= 11 is 5.68. The largest absolute Gasteiger partial charge is 0.350 e. The fourth-order valence-electron chi connectivity index (χ4n) is 2.40. The normalized spacial score (nSPS) is 18.1. The molecule has 20 heavy (non-hydrogen) atoms. The highest BCUT2D eigenvalue weighted by atomic mass is 35.5. The summed E-state index contributed by atoms with van der Waals surface area (Å²) in [5, 5.41) is 2.69. The average Bonchev–Trinajstić information content (AvgIpc) is 2.89. The molecule has 1 atom stereocenters. The molecule has 0 bridgehead atoms. The first-order valence-corrected chi connectivity index (χ1v) is 6.86. The number of carbonyl (C=O) groups excluding carboxylic acids is 2. The van der Waals surface area contributed by atoms with E-state index < -0.39 is 11.9 Å². The van der Waals surface area contributed by atoms with Gasteiger partial charge in [0.15, 0.2) is 0 Å². The van der Waals surface area contributed by atoms with Crippen LogP contribution in [0.15, 0.2) is 18.2 Å². The van der Waals surface area contributed by atoms with Crippen LogP contribution in [0.2, 0.25) is 5.02 Å². The van der Waals surface area contributed by atoms with Crippen molar-refractivity contribution in [1.29, 1.82) is 0 Å². The van der Waals surface area contributed by atoms with Crippen molar-refractivity contribution in [3.8, 4) is 0 Å². The number of rotatable bonds is 3. The van der Waals surface area contributed by atoms with E-state index in [4.69, 9.17) is 11.6 Å². The van der Waals surface area contributed by atoms with Gasteiger partial charge in [-0.05, 0) is 18.9 Å². The van der Waals surface area contributed by atoms with Crippen molar-refractivity contribution in [3.63, 3.8) is 0 Å². The number of hydrogen-bond donors (Lipinski definition) is 1. The van der Waals surface area contributed by atoms with Crippen molar-refractivity contribution in [2.24, 2.45) is 0 Å². The summed E-state index contributed by atoms with van der Waals surface area (Å²) < 4.78 is 13.7. The Balaban J connectivity index is 1.98. The summed E-state index contributed by atoms with van der Waals surface area (Å²) in [4.78, 5) is 25.0. The van der Waals surface area contributed by atoms with Crippen LogP contribution >= 0.6 is 11.6 Å². The second-order valence-corrected chi connectivity index (χ2v) is 5.21. The maximum atomic E-state index is 13.7. The molecule has 2 amide bonds. The van der Waals surface area contributed by atoms with Gasteiger partial charge in [-0.15, -0.1) is 0 Å². The molecule has 0 aromatic heterocycles. The molecule has 0 aliphatic carbocycles. The quantitative estimate of drug-likeness (QED) is 0.929. The minimum atomic E-state index is -0.524. The Morgan fingerprint density at radius 1 is 1.50 bits per heavy atom. The van der Waals surface area contributed by atoms with Crippen LogP contribution in [0.3, 0.4) is 0 Å². The van der Waals surface area contributed by atoms with Crippen molar-refractivity contribution < 1.29 is 14.0 Å². The fourth-order valence-corrected chi connectivity index (χ4v) is 2.60. The molecule has 1 aliphatic heterocycles. The number of halogens is 2. The fraction of sp³-hybridized carbons (Fsp3) is 0.429. The standard InChI is InChI=1S/C14H16ClFN2O2/c1-9(19)18-7-3-6-12(18)14(20)17-8-10-4-2-5-11(15)13(10)16/h2,4-5,12H,3,6-8H2,1H3,(H,17,20)/t12-/m0/s1. The number of nitrogens with one attached hydrogen (secondary N) is 1. The summed E-state index contributed by atoms with van der Waals surface area (Å²) in [7, 11) is 0. The molecule has 1 heterocycles. The molecule has 1 saturated heterocycles. The lowest BCUT2D eigenvalue weighted by Gasteiger charge is -2.22. The second-order valence-electron chi connectivity index (χ2n) is 4.80. The Morgan fingerprint density at radius 2 is 2.25 bits per heavy atom. The first-order chi connectivity index (χ1) is 9.50. The molecule has 1 aromatic carbocycles. The highest BCUT2D eigenvalue weighted by Crippen LogP contribution is 2.19. The molecule has 1 aromatic rings. The van der Waals surface area contributed by atoms with E-state index in [1.54, 1.807) is 17.0 Å². The molecule has 0 unspecified atom stereocenters. The van der Waals surface area contributed by atoms with E-state index in [9.17, 15) is 14.0 Å². The van der Waals surface area contributed by atoms with Crippen molar-refractivity contribution in [2.45, 2.75) is 32.4 Å². The van der Waals surface area contributed by atoms with Gasteiger partial charge < -0.3 is 10.2 Å². The molecule has 0 saturated carbocycles. The third-order valence-electron chi connectivity index (χ3n) is 3.44. The summed E-state index contributed by atoms with van der Waals surface area (Å²) in [5.74, 6) is -0.891. The predicted molar refractivity (Wildman–Crippen MR) is 73.7 cm³/mol. The lowest BCUT2D eigenvalue weighted by molar-refractivity contribution is -0.136. The molecule has 1 aliphatic rings. The van der Waals surface area contributed by atoms with Crippen molar-refractivity contribution >= 4 is 23.4 Å². The molecular formula is C14H16ClFN2O2. The first-order valence-electron chi connectivity index (χ1n) is 6.48. The lowest BCUT2D eigenvalue weighted by atomic mass is 10.1. The van der Waals surface area contributed by atoms with Crippen LogP contribution < -0.4 is 5.32 Å². The van der Waals surface area contributed by atoms with Crippen LogP contribution in [0.1, 0.15) is 25.3 Å². The third-order valence-corrected chi connectivity index (χ3v) is 3.74. The highest BCUT2D eigenvalue weighted by Gasteiger charge is 2.32. The van der Waals surface area contributed by atoms with Crippen molar-refractivity contribution in [2.75, 3.05) is 6.54 Å². The Bertz CT molecular complexity index is 536. The van der Waals surface area contributed by atoms with Gasteiger partial charge in [0.25, 0.3) is 0 Å².